The van der Waals surface area contributed by atoms with Gasteiger partial charge in [-0.05, 0) is 62.4 Å². The Morgan fingerprint density at radius 1 is 0.923 bits per heavy atom. The van der Waals surface area contributed by atoms with E-state index in [1.165, 1.54) is 0 Å². The van der Waals surface area contributed by atoms with E-state index >= 15 is 0 Å². The first-order valence-electron chi connectivity index (χ1n) is 8.53. The van der Waals surface area contributed by atoms with Crippen LogP contribution < -0.4 is 14.8 Å². The monoisotopic (exact) mass is 347 g/mol. The van der Waals surface area contributed by atoms with Crippen LogP contribution in [0.5, 0.6) is 17.2 Å². The van der Waals surface area contributed by atoms with Crippen LogP contribution in [0.4, 0.5) is 5.69 Å². The van der Waals surface area contributed by atoms with Crippen molar-refractivity contribution in [2.24, 2.45) is 0 Å². The molecule has 0 saturated carbocycles. The molecule has 3 rings (SSSR count). The van der Waals surface area contributed by atoms with Crippen LogP contribution in [-0.2, 0) is 0 Å². The summed E-state index contributed by atoms with van der Waals surface area (Å²) in [5, 5.41) is 2.92. The highest BCUT2D eigenvalue weighted by molar-refractivity contribution is 6.05. The molecule has 0 aliphatic heterocycles. The summed E-state index contributed by atoms with van der Waals surface area (Å²) >= 11 is 0. The van der Waals surface area contributed by atoms with E-state index < -0.39 is 0 Å². The molecule has 0 aromatic heterocycles. The molecule has 0 radical (unpaired) electrons. The van der Waals surface area contributed by atoms with E-state index in [1.807, 2.05) is 80.6 Å². The number of para-hydroxylation sites is 2. The lowest BCUT2D eigenvalue weighted by atomic mass is 10.1. The molecule has 0 atom stereocenters. The highest BCUT2D eigenvalue weighted by Gasteiger charge is 2.10. The van der Waals surface area contributed by atoms with Gasteiger partial charge in [-0.15, -0.1) is 0 Å². The third-order valence-electron chi connectivity index (χ3n) is 3.78. The van der Waals surface area contributed by atoms with Crippen LogP contribution in [-0.4, -0.2) is 12.5 Å². The summed E-state index contributed by atoms with van der Waals surface area (Å²) in [6, 6.07) is 22.2. The highest BCUT2D eigenvalue weighted by Crippen LogP contribution is 2.30. The maximum absolute atomic E-state index is 12.5. The summed E-state index contributed by atoms with van der Waals surface area (Å²) in [6.45, 7) is 4.52. The van der Waals surface area contributed by atoms with E-state index in [1.54, 1.807) is 6.07 Å². The number of amides is 1. The van der Waals surface area contributed by atoms with Crippen LogP contribution in [0.25, 0.3) is 0 Å². The van der Waals surface area contributed by atoms with Crippen LogP contribution in [0.15, 0.2) is 72.8 Å². The average molecular weight is 347 g/mol. The van der Waals surface area contributed by atoms with E-state index in [0.717, 1.165) is 11.3 Å². The van der Waals surface area contributed by atoms with Crippen molar-refractivity contribution in [1.82, 2.24) is 0 Å². The molecule has 4 heteroatoms. The first kappa shape index (κ1) is 17.5. The fourth-order valence-corrected chi connectivity index (χ4v) is 2.54. The molecule has 0 fully saturated rings. The van der Waals surface area contributed by atoms with Crippen molar-refractivity contribution in [3.63, 3.8) is 0 Å². The van der Waals surface area contributed by atoms with Gasteiger partial charge < -0.3 is 14.8 Å². The smallest absolute Gasteiger partial charge is 0.255 e. The van der Waals surface area contributed by atoms with Crippen molar-refractivity contribution >= 4 is 11.6 Å². The first-order valence-corrected chi connectivity index (χ1v) is 8.53. The Morgan fingerprint density at radius 3 is 2.38 bits per heavy atom. The lowest BCUT2D eigenvalue weighted by Gasteiger charge is -2.13. The lowest BCUT2D eigenvalue weighted by Crippen LogP contribution is -2.12. The summed E-state index contributed by atoms with van der Waals surface area (Å²) < 4.78 is 11.4. The van der Waals surface area contributed by atoms with Gasteiger partial charge in [0.2, 0.25) is 0 Å². The van der Waals surface area contributed by atoms with Gasteiger partial charge in [0.15, 0.2) is 5.75 Å². The van der Waals surface area contributed by atoms with Crippen LogP contribution >= 0.6 is 0 Å². The number of benzene rings is 3. The molecule has 4 nitrogen and oxygen atoms in total. The Bertz CT molecular complexity index is 888. The van der Waals surface area contributed by atoms with Gasteiger partial charge in [-0.3, -0.25) is 4.79 Å². The number of aryl methyl sites for hydroxylation is 1. The number of rotatable bonds is 6. The third-order valence-corrected chi connectivity index (χ3v) is 3.78. The van der Waals surface area contributed by atoms with Gasteiger partial charge in [0.25, 0.3) is 5.91 Å². The minimum Gasteiger partial charge on any atom is -0.494 e. The second kappa shape index (κ2) is 8.21. The quantitative estimate of drug-likeness (QED) is 0.646. The Kier molecular flexibility index (Phi) is 5.54. The van der Waals surface area contributed by atoms with E-state index in [0.29, 0.717) is 29.4 Å². The number of anilines is 1. The molecular weight excluding hydrogens is 326 g/mol. The zero-order chi connectivity index (χ0) is 18.4. The summed E-state index contributed by atoms with van der Waals surface area (Å²) in [5.41, 5.74) is 2.27. The average Bonchev–Trinajstić information content (AvgIpc) is 2.65. The van der Waals surface area contributed by atoms with Crippen LogP contribution in [0, 0.1) is 6.92 Å². The van der Waals surface area contributed by atoms with Crippen molar-refractivity contribution in [3.8, 4) is 17.2 Å². The van der Waals surface area contributed by atoms with Gasteiger partial charge in [-0.25, -0.2) is 0 Å². The number of carbonyl (C=O) groups excluding carboxylic acids is 1. The van der Waals surface area contributed by atoms with Gasteiger partial charge >= 0.3 is 0 Å². The molecule has 0 spiro atoms. The summed E-state index contributed by atoms with van der Waals surface area (Å²) in [4.78, 5) is 12.5. The van der Waals surface area contributed by atoms with Crippen LogP contribution in [0.1, 0.15) is 22.8 Å². The molecule has 132 valence electrons. The largest absolute Gasteiger partial charge is 0.494 e. The summed E-state index contributed by atoms with van der Waals surface area (Å²) in [5.74, 6) is 1.88. The number of hydrogen-bond donors (Lipinski definition) is 1. The summed E-state index contributed by atoms with van der Waals surface area (Å²) in [7, 11) is 0. The van der Waals surface area contributed by atoms with E-state index in [-0.39, 0.29) is 5.91 Å². The normalized spacial score (nSPS) is 10.2. The fraction of sp³-hybridized carbons (Fsp3) is 0.136. The fourth-order valence-electron chi connectivity index (χ4n) is 2.54. The van der Waals surface area contributed by atoms with E-state index in [9.17, 15) is 4.79 Å². The molecule has 0 aliphatic rings. The molecule has 3 aromatic rings. The second-order valence-electron chi connectivity index (χ2n) is 5.83. The second-order valence-corrected chi connectivity index (χ2v) is 5.83. The minimum absolute atomic E-state index is 0.170. The first-order chi connectivity index (χ1) is 12.7. The molecule has 0 heterocycles. The Labute approximate surface area is 153 Å². The maximum Gasteiger partial charge on any atom is 0.255 e. The number of nitrogens with one attached hydrogen (secondary N) is 1. The van der Waals surface area contributed by atoms with E-state index in [4.69, 9.17) is 9.47 Å². The van der Waals surface area contributed by atoms with Crippen molar-refractivity contribution in [3.05, 3.63) is 83.9 Å². The molecule has 26 heavy (non-hydrogen) atoms. The minimum atomic E-state index is -0.170. The van der Waals surface area contributed by atoms with Crippen LogP contribution in [0.2, 0.25) is 0 Å². The molecule has 1 amide bonds. The SMILES string of the molecule is CCOc1ccc(Oc2ccccc2NC(=O)c2cccc(C)c2)cc1. The number of ether oxygens (including phenoxy) is 2. The summed E-state index contributed by atoms with van der Waals surface area (Å²) in [6.07, 6.45) is 0. The molecule has 3 aromatic carbocycles. The predicted octanol–water partition coefficient (Wildman–Crippen LogP) is 5.44. The van der Waals surface area contributed by atoms with Gasteiger partial charge in [0.05, 0.1) is 12.3 Å². The molecule has 0 unspecified atom stereocenters. The molecule has 0 aliphatic carbocycles. The Balaban J connectivity index is 1.76. The topological polar surface area (TPSA) is 47.6 Å². The number of hydrogen-bond acceptors (Lipinski definition) is 3. The number of carbonyl (C=O) groups is 1. The lowest BCUT2D eigenvalue weighted by molar-refractivity contribution is 0.102. The maximum atomic E-state index is 12.5. The Morgan fingerprint density at radius 2 is 1.65 bits per heavy atom. The van der Waals surface area contributed by atoms with Gasteiger partial charge in [-0.2, -0.15) is 0 Å². The van der Waals surface area contributed by atoms with Gasteiger partial charge in [0, 0.05) is 5.56 Å². The zero-order valence-corrected chi connectivity index (χ0v) is 14.9. The van der Waals surface area contributed by atoms with Gasteiger partial charge in [-0.1, -0.05) is 29.8 Å². The van der Waals surface area contributed by atoms with Crippen molar-refractivity contribution in [2.75, 3.05) is 11.9 Å². The molecule has 1 N–H and O–H groups in total. The Hall–Kier alpha value is -3.27. The molecular formula is C22H21NO3. The highest BCUT2D eigenvalue weighted by atomic mass is 16.5. The third kappa shape index (κ3) is 4.42. The van der Waals surface area contributed by atoms with Crippen molar-refractivity contribution in [1.29, 1.82) is 0 Å². The van der Waals surface area contributed by atoms with Crippen molar-refractivity contribution < 1.29 is 14.3 Å². The standard InChI is InChI=1S/C22H21NO3/c1-3-25-18-11-13-19(14-12-18)26-21-10-5-4-9-20(21)23-22(24)17-8-6-7-16(2)15-17/h4-15H,3H2,1-2H3,(H,23,24). The molecule has 0 saturated heterocycles. The zero-order valence-electron chi connectivity index (χ0n) is 14.9. The van der Waals surface area contributed by atoms with Gasteiger partial charge in [0.1, 0.15) is 11.5 Å². The van der Waals surface area contributed by atoms with Crippen LogP contribution in [0.3, 0.4) is 0 Å². The van der Waals surface area contributed by atoms with E-state index in [2.05, 4.69) is 5.32 Å². The van der Waals surface area contributed by atoms with Crippen molar-refractivity contribution in [2.45, 2.75) is 13.8 Å². The predicted molar refractivity (Wildman–Crippen MR) is 103 cm³/mol. The molecule has 0 bridgehead atoms.